The first-order chi connectivity index (χ1) is 6.92. The highest BCUT2D eigenvalue weighted by Crippen LogP contribution is 2.10. The SMILES string of the molecule is CC(C)(C)OC(=O)NC1CNCC1CN. The van der Waals surface area contributed by atoms with E-state index in [1.165, 1.54) is 0 Å². The number of amides is 1. The molecule has 0 saturated carbocycles. The van der Waals surface area contributed by atoms with Gasteiger partial charge in [0, 0.05) is 25.0 Å². The Morgan fingerprint density at radius 3 is 2.73 bits per heavy atom. The summed E-state index contributed by atoms with van der Waals surface area (Å²) in [5.41, 5.74) is 5.14. The molecule has 1 heterocycles. The van der Waals surface area contributed by atoms with Crippen LogP contribution in [0.4, 0.5) is 4.79 Å². The molecule has 1 amide bonds. The standard InChI is InChI=1S/C10H21N3O2/c1-10(2,3)15-9(14)13-8-6-12-5-7(8)4-11/h7-8,12H,4-6,11H2,1-3H3,(H,13,14). The van der Waals surface area contributed by atoms with Crippen LogP contribution < -0.4 is 16.4 Å². The summed E-state index contributed by atoms with van der Waals surface area (Å²) in [5, 5.41) is 6.02. The summed E-state index contributed by atoms with van der Waals surface area (Å²) in [4.78, 5) is 11.5. The quantitative estimate of drug-likeness (QED) is 0.608. The van der Waals surface area contributed by atoms with Crippen molar-refractivity contribution in [2.75, 3.05) is 19.6 Å². The summed E-state index contributed by atoms with van der Waals surface area (Å²) in [6.07, 6.45) is -0.366. The monoisotopic (exact) mass is 215 g/mol. The minimum absolute atomic E-state index is 0.0878. The Hall–Kier alpha value is -0.810. The van der Waals surface area contributed by atoms with Crippen LogP contribution in [-0.4, -0.2) is 37.4 Å². The van der Waals surface area contributed by atoms with E-state index in [1.54, 1.807) is 0 Å². The van der Waals surface area contributed by atoms with Crippen LogP contribution >= 0.6 is 0 Å². The lowest BCUT2D eigenvalue weighted by Gasteiger charge is -2.23. The van der Waals surface area contributed by atoms with Gasteiger partial charge in [-0.15, -0.1) is 0 Å². The smallest absolute Gasteiger partial charge is 0.407 e. The predicted molar refractivity (Wildman–Crippen MR) is 58.6 cm³/mol. The maximum Gasteiger partial charge on any atom is 0.407 e. The lowest BCUT2D eigenvalue weighted by Crippen LogP contribution is -2.44. The third-order valence-corrected chi connectivity index (χ3v) is 2.34. The summed E-state index contributed by atoms with van der Waals surface area (Å²) >= 11 is 0. The van der Waals surface area contributed by atoms with Gasteiger partial charge in [0.1, 0.15) is 5.60 Å². The van der Waals surface area contributed by atoms with E-state index in [-0.39, 0.29) is 12.1 Å². The summed E-state index contributed by atoms with van der Waals surface area (Å²) in [6, 6.07) is 0.0878. The van der Waals surface area contributed by atoms with Crippen molar-refractivity contribution in [3.63, 3.8) is 0 Å². The van der Waals surface area contributed by atoms with Crippen molar-refractivity contribution in [3.8, 4) is 0 Å². The van der Waals surface area contributed by atoms with Crippen LogP contribution in [0.5, 0.6) is 0 Å². The van der Waals surface area contributed by atoms with Crippen LogP contribution in [0, 0.1) is 5.92 Å². The average Bonchev–Trinajstić information content (AvgIpc) is 2.48. The van der Waals surface area contributed by atoms with Gasteiger partial charge in [0.25, 0.3) is 0 Å². The highest BCUT2D eigenvalue weighted by atomic mass is 16.6. The third-order valence-electron chi connectivity index (χ3n) is 2.34. The molecule has 1 fully saturated rings. The fourth-order valence-corrected chi connectivity index (χ4v) is 1.61. The van der Waals surface area contributed by atoms with Gasteiger partial charge in [0.15, 0.2) is 0 Å². The third kappa shape index (κ3) is 4.05. The Bertz CT molecular complexity index is 225. The molecule has 0 aromatic rings. The minimum atomic E-state index is -0.450. The average molecular weight is 215 g/mol. The van der Waals surface area contributed by atoms with Crippen LogP contribution in [0.25, 0.3) is 0 Å². The molecule has 4 N–H and O–H groups in total. The molecule has 5 heteroatoms. The number of carbonyl (C=O) groups is 1. The molecular formula is C10H21N3O2. The van der Waals surface area contributed by atoms with Gasteiger partial charge in [0.2, 0.25) is 0 Å². The number of alkyl carbamates (subject to hydrolysis) is 1. The van der Waals surface area contributed by atoms with Crippen LogP contribution in [0.3, 0.4) is 0 Å². The zero-order valence-corrected chi connectivity index (χ0v) is 9.67. The molecule has 5 nitrogen and oxygen atoms in total. The molecule has 1 aliphatic heterocycles. The number of nitrogens with one attached hydrogen (secondary N) is 2. The van der Waals surface area contributed by atoms with Crippen molar-refractivity contribution in [2.45, 2.75) is 32.4 Å². The highest BCUT2D eigenvalue weighted by Gasteiger charge is 2.28. The Labute approximate surface area is 90.7 Å². The number of carbonyl (C=O) groups excluding carboxylic acids is 1. The van der Waals surface area contributed by atoms with Gasteiger partial charge >= 0.3 is 6.09 Å². The van der Waals surface area contributed by atoms with Crippen molar-refractivity contribution in [2.24, 2.45) is 11.7 Å². The maximum atomic E-state index is 11.5. The number of rotatable bonds is 2. The summed E-state index contributed by atoms with van der Waals surface area (Å²) in [6.45, 7) is 7.74. The van der Waals surface area contributed by atoms with E-state index in [4.69, 9.17) is 10.5 Å². The minimum Gasteiger partial charge on any atom is -0.444 e. The van der Waals surface area contributed by atoms with E-state index in [9.17, 15) is 4.79 Å². The van der Waals surface area contributed by atoms with Gasteiger partial charge in [-0.05, 0) is 27.3 Å². The molecule has 1 aliphatic rings. The van der Waals surface area contributed by atoms with Crippen LogP contribution in [-0.2, 0) is 4.74 Å². The van der Waals surface area contributed by atoms with Gasteiger partial charge < -0.3 is 21.1 Å². The van der Waals surface area contributed by atoms with Crippen LogP contribution in [0.15, 0.2) is 0 Å². The van der Waals surface area contributed by atoms with E-state index in [0.29, 0.717) is 12.5 Å². The van der Waals surface area contributed by atoms with E-state index in [0.717, 1.165) is 13.1 Å². The summed E-state index contributed by atoms with van der Waals surface area (Å²) in [7, 11) is 0. The fraction of sp³-hybridized carbons (Fsp3) is 0.900. The Kier molecular flexibility index (Phi) is 3.93. The summed E-state index contributed by atoms with van der Waals surface area (Å²) < 4.78 is 5.17. The Morgan fingerprint density at radius 2 is 2.20 bits per heavy atom. The van der Waals surface area contributed by atoms with E-state index in [1.807, 2.05) is 20.8 Å². The first-order valence-electron chi connectivity index (χ1n) is 5.32. The van der Waals surface area contributed by atoms with Crippen LogP contribution in [0.1, 0.15) is 20.8 Å². The summed E-state index contributed by atoms with van der Waals surface area (Å²) in [5.74, 6) is 0.303. The molecule has 0 aromatic heterocycles. The van der Waals surface area contributed by atoms with Crippen molar-refractivity contribution < 1.29 is 9.53 Å². The van der Waals surface area contributed by atoms with Crippen molar-refractivity contribution >= 4 is 6.09 Å². The second-order valence-corrected chi connectivity index (χ2v) is 4.91. The Morgan fingerprint density at radius 1 is 1.53 bits per heavy atom. The second kappa shape index (κ2) is 4.81. The number of ether oxygens (including phenoxy) is 1. The number of nitrogens with two attached hydrogens (primary N) is 1. The number of hydrogen-bond acceptors (Lipinski definition) is 4. The second-order valence-electron chi connectivity index (χ2n) is 4.91. The van der Waals surface area contributed by atoms with Gasteiger partial charge in [-0.25, -0.2) is 4.79 Å². The molecular weight excluding hydrogens is 194 g/mol. The Balaban J connectivity index is 2.37. The maximum absolute atomic E-state index is 11.5. The molecule has 1 rings (SSSR count). The molecule has 1 saturated heterocycles. The first-order valence-corrected chi connectivity index (χ1v) is 5.32. The van der Waals surface area contributed by atoms with Gasteiger partial charge in [-0.3, -0.25) is 0 Å². The zero-order valence-electron chi connectivity index (χ0n) is 9.67. The topological polar surface area (TPSA) is 76.4 Å². The lowest BCUT2D eigenvalue weighted by atomic mass is 10.0. The van der Waals surface area contributed by atoms with Gasteiger partial charge in [-0.2, -0.15) is 0 Å². The zero-order chi connectivity index (χ0) is 11.5. The van der Waals surface area contributed by atoms with E-state index in [2.05, 4.69) is 10.6 Å². The van der Waals surface area contributed by atoms with E-state index >= 15 is 0 Å². The molecule has 0 spiro atoms. The van der Waals surface area contributed by atoms with E-state index < -0.39 is 5.60 Å². The molecule has 0 bridgehead atoms. The first kappa shape index (κ1) is 12.3. The highest BCUT2D eigenvalue weighted by molar-refractivity contribution is 5.68. The largest absolute Gasteiger partial charge is 0.444 e. The van der Waals surface area contributed by atoms with Crippen molar-refractivity contribution in [3.05, 3.63) is 0 Å². The molecule has 88 valence electrons. The molecule has 0 aromatic carbocycles. The fourth-order valence-electron chi connectivity index (χ4n) is 1.61. The van der Waals surface area contributed by atoms with Crippen molar-refractivity contribution in [1.29, 1.82) is 0 Å². The number of hydrogen-bond donors (Lipinski definition) is 3. The molecule has 2 atom stereocenters. The van der Waals surface area contributed by atoms with Crippen molar-refractivity contribution in [1.82, 2.24) is 10.6 Å². The van der Waals surface area contributed by atoms with Crippen LogP contribution in [0.2, 0.25) is 0 Å². The lowest BCUT2D eigenvalue weighted by molar-refractivity contribution is 0.0498. The molecule has 0 aliphatic carbocycles. The van der Waals surface area contributed by atoms with Gasteiger partial charge in [0.05, 0.1) is 0 Å². The normalized spacial score (nSPS) is 26.4. The molecule has 0 radical (unpaired) electrons. The molecule has 15 heavy (non-hydrogen) atoms. The predicted octanol–water partition coefficient (Wildman–Crippen LogP) is 0.0578. The van der Waals surface area contributed by atoms with Gasteiger partial charge in [-0.1, -0.05) is 0 Å². The molecule has 2 unspecified atom stereocenters.